The van der Waals surface area contributed by atoms with Gasteiger partial charge in [0.05, 0.1) is 10.9 Å². The van der Waals surface area contributed by atoms with Gasteiger partial charge in [-0.3, -0.25) is 9.55 Å². The monoisotopic (exact) mass is 514 g/mol. The highest BCUT2D eigenvalue weighted by Crippen LogP contribution is 2.37. The minimum Gasteiger partial charge on any atom is -0.508 e. The number of piperazine rings is 1. The number of pyridine rings is 1. The third-order valence-corrected chi connectivity index (χ3v) is 8.62. The Kier molecular flexibility index (Phi) is 5.59. The molecule has 0 saturated carbocycles. The number of hydrogen-bond donors (Lipinski definition) is 2. The molecule has 4 aromatic rings. The quantitative estimate of drug-likeness (QED) is 0.431. The Bertz CT molecular complexity index is 1610. The normalized spacial score (nSPS) is 23.6. The number of phenols is 1. The van der Waals surface area contributed by atoms with Crippen molar-refractivity contribution >= 4 is 27.5 Å². The zero-order chi connectivity index (χ0) is 26.0. The second kappa shape index (κ2) is 9.03. The highest BCUT2D eigenvalue weighted by atomic mass is 19.1. The molecule has 3 saturated heterocycles. The van der Waals surface area contributed by atoms with Crippen molar-refractivity contribution in [3.05, 3.63) is 58.9 Å². The van der Waals surface area contributed by atoms with Crippen molar-refractivity contribution in [2.24, 2.45) is 0 Å². The van der Waals surface area contributed by atoms with Crippen LogP contribution in [0.3, 0.4) is 0 Å². The summed E-state index contributed by atoms with van der Waals surface area (Å²) in [4.78, 5) is 27.1. The molecular weight excluding hydrogens is 483 g/mol. The first-order chi connectivity index (χ1) is 18.5. The van der Waals surface area contributed by atoms with E-state index in [1.807, 2.05) is 31.3 Å². The molecule has 2 aromatic heterocycles. The summed E-state index contributed by atoms with van der Waals surface area (Å²) in [5.41, 5.74) is 0.421. The fourth-order valence-corrected chi connectivity index (χ4v) is 6.69. The molecule has 0 spiro atoms. The standard InChI is InChI=1S/C29H31FN6O2/c1-34-10-4-6-20(34)16-36-27-24(28(33-29(36)38)35-14-18-8-9-19(15-35)32-18)13-31-26(25(27)30)23-12-21(37)11-17-5-2-3-7-22(17)23/h2-3,5,7,11-13,18-20,32,37H,4,6,8-10,14-16H2,1H3/t18?,19?,20-/m0/s1. The lowest BCUT2D eigenvalue weighted by Crippen LogP contribution is -2.52. The smallest absolute Gasteiger partial charge is 0.350 e. The molecule has 9 heteroatoms. The molecule has 0 amide bonds. The number of halogens is 1. The van der Waals surface area contributed by atoms with E-state index in [2.05, 4.69) is 25.1 Å². The average Bonchev–Trinajstić information content (AvgIpc) is 3.48. The van der Waals surface area contributed by atoms with E-state index in [-0.39, 0.29) is 23.0 Å². The summed E-state index contributed by atoms with van der Waals surface area (Å²) < 4.78 is 18.3. The topological polar surface area (TPSA) is 86.5 Å². The van der Waals surface area contributed by atoms with E-state index in [9.17, 15) is 9.90 Å². The van der Waals surface area contributed by atoms with Gasteiger partial charge in [-0.15, -0.1) is 0 Å². The largest absolute Gasteiger partial charge is 0.508 e. The van der Waals surface area contributed by atoms with Crippen LogP contribution in [0.2, 0.25) is 0 Å². The highest BCUT2D eigenvalue weighted by molar-refractivity contribution is 5.99. The second-order valence-corrected chi connectivity index (χ2v) is 11.0. The molecule has 0 aliphatic carbocycles. The van der Waals surface area contributed by atoms with Crippen LogP contribution >= 0.6 is 0 Å². The Morgan fingerprint density at radius 1 is 1.11 bits per heavy atom. The van der Waals surface area contributed by atoms with Gasteiger partial charge in [-0.05, 0) is 62.2 Å². The summed E-state index contributed by atoms with van der Waals surface area (Å²) in [6.07, 6.45) is 5.84. The molecule has 196 valence electrons. The fraction of sp³-hybridized carbons (Fsp3) is 0.414. The number of likely N-dealkylation sites (N-methyl/N-ethyl adjacent to an activating group) is 1. The molecule has 2 N–H and O–H groups in total. The van der Waals surface area contributed by atoms with Crippen molar-refractivity contribution < 1.29 is 9.50 Å². The van der Waals surface area contributed by atoms with Gasteiger partial charge >= 0.3 is 5.69 Å². The van der Waals surface area contributed by atoms with Crippen molar-refractivity contribution in [1.82, 2.24) is 24.8 Å². The molecule has 2 unspecified atom stereocenters. The maximum absolute atomic E-state index is 16.8. The summed E-state index contributed by atoms with van der Waals surface area (Å²) in [6, 6.07) is 11.6. The highest BCUT2D eigenvalue weighted by Gasteiger charge is 2.34. The van der Waals surface area contributed by atoms with E-state index >= 15 is 4.39 Å². The van der Waals surface area contributed by atoms with Gasteiger partial charge in [0.2, 0.25) is 0 Å². The molecule has 0 radical (unpaired) electrons. The van der Waals surface area contributed by atoms with Crippen LogP contribution in [0.4, 0.5) is 10.2 Å². The van der Waals surface area contributed by atoms with Crippen LogP contribution in [0.5, 0.6) is 5.75 Å². The van der Waals surface area contributed by atoms with E-state index in [1.165, 1.54) is 4.57 Å². The molecule has 3 aliphatic heterocycles. The lowest BCUT2D eigenvalue weighted by Gasteiger charge is -2.34. The molecule has 7 rings (SSSR count). The van der Waals surface area contributed by atoms with Gasteiger partial charge < -0.3 is 20.2 Å². The predicted octanol–water partition coefficient (Wildman–Crippen LogP) is 3.49. The Balaban J connectivity index is 1.46. The van der Waals surface area contributed by atoms with Crippen LogP contribution in [0.15, 0.2) is 47.4 Å². The molecule has 2 bridgehead atoms. The second-order valence-electron chi connectivity index (χ2n) is 11.0. The van der Waals surface area contributed by atoms with Crippen molar-refractivity contribution in [3.8, 4) is 17.0 Å². The number of rotatable bonds is 4. The van der Waals surface area contributed by atoms with Crippen LogP contribution in [-0.4, -0.2) is 69.3 Å². The average molecular weight is 515 g/mol. The summed E-state index contributed by atoms with van der Waals surface area (Å²) in [5, 5.41) is 16.2. The predicted molar refractivity (Wildman–Crippen MR) is 146 cm³/mol. The number of nitrogens with zero attached hydrogens (tertiary/aromatic N) is 5. The van der Waals surface area contributed by atoms with E-state index in [0.717, 1.165) is 56.1 Å². The van der Waals surface area contributed by atoms with Crippen molar-refractivity contribution in [3.63, 3.8) is 0 Å². The Morgan fingerprint density at radius 2 is 1.89 bits per heavy atom. The Morgan fingerprint density at radius 3 is 2.66 bits per heavy atom. The van der Waals surface area contributed by atoms with E-state index in [4.69, 9.17) is 0 Å². The summed E-state index contributed by atoms with van der Waals surface area (Å²) in [7, 11) is 2.05. The van der Waals surface area contributed by atoms with Gasteiger partial charge in [0, 0.05) is 49.5 Å². The first kappa shape index (κ1) is 23.5. The van der Waals surface area contributed by atoms with Crippen molar-refractivity contribution in [2.75, 3.05) is 31.6 Å². The van der Waals surface area contributed by atoms with Gasteiger partial charge in [0.25, 0.3) is 0 Å². The minimum absolute atomic E-state index is 0.0386. The molecule has 2 aromatic carbocycles. The van der Waals surface area contributed by atoms with Crippen molar-refractivity contribution in [1.29, 1.82) is 0 Å². The zero-order valence-electron chi connectivity index (χ0n) is 21.4. The van der Waals surface area contributed by atoms with Gasteiger partial charge in [0.1, 0.15) is 17.3 Å². The number of nitrogens with one attached hydrogen (secondary N) is 1. The number of hydrogen-bond acceptors (Lipinski definition) is 7. The maximum Gasteiger partial charge on any atom is 0.350 e. The third-order valence-electron chi connectivity index (χ3n) is 8.62. The first-order valence-electron chi connectivity index (χ1n) is 13.5. The van der Waals surface area contributed by atoms with Gasteiger partial charge in [-0.1, -0.05) is 24.3 Å². The molecule has 5 heterocycles. The fourth-order valence-electron chi connectivity index (χ4n) is 6.69. The molecule has 3 atom stereocenters. The minimum atomic E-state index is -0.558. The summed E-state index contributed by atoms with van der Waals surface area (Å²) in [5.74, 6) is -0.00687. The van der Waals surface area contributed by atoms with E-state index in [0.29, 0.717) is 35.4 Å². The zero-order valence-corrected chi connectivity index (χ0v) is 21.4. The number of fused-ring (bicyclic) bond motifs is 4. The summed E-state index contributed by atoms with van der Waals surface area (Å²) in [6.45, 7) is 2.78. The molecule has 3 fully saturated rings. The van der Waals surface area contributed by atoms with Crippen LogP contribution < -0.4 is 15.9 Å². The van der Waals surface area contributed by atoms with Crippen LogP contribution in [0.1, 0.15) is 25.7 Å². The lowest BCUT2D eigenvalue weighted by molar-refractivity contribution is 0.281. The van der Waals surface area contributed by atoms with Gasteiger partial charge in [-0.25, -0.2) is 9.18 Å². The lowest BCUT2D eigenvalue weighted by atomic mass is 10.00. The third kappa shape index (κ3) is 3.84. The molecular formula is C29H31FN6O2. The molecule has 3 aliphatic rings. The number of anilines is 1. The van der Waals surface area contributed by atoms with Crippen LogP contribution in [-0.2, 0) is 6.54 Å². The Hall–Kier alpha value is -3.56. The number of aromatic nitrogens is 3. The van der Waals surface area contributed by atoms with Crippen LogP contribution in [0.25, 0.3) is 32.9 Å². The number of likely N-dealkylation sites (tertiary alicyclic amines) is 1. The van der Waals surface area contributed by atoms with Crippen molar-refractivity contribution in [2.45, 2.75) is 50.4 Å². The number of aromatic hydroxyl groups is 1. The van der Waals surface area contributed by atoms with Gasteiger partial charge in [0.15, 0.2) is 5.82 Å². The number of phenolic OH excluding ortho intramolecular Hbond substituents is 1. The number of benzene rings is 2. The Labute approximate surface area is 219 Å². The molecule has 8 nitrogen and oxygen atoms in total. The molecule has 38 heavy (non-hydrogen) atoms. The SMILES string of the molecule is CN1CCC[C@H]1Cn1c(=O)nc(N2CC3CCC(C2)N3)c2cnc(-c3cc(O)cc4ccccc34)c(F)c21. The van der Waals surface area contributed by atoms with E-state index in [1.54, 1.807) is 18.3 Å². The van der Waals surface area contributed by atoms with E-state index < -0.39 is 11.5 Å². The maximum atomic E-state index is 16.8. The van der Waals surface area contributed by atoms with Crippen LogP contribution in [0, 0.1) is 5.82 Å². The summed E-state index contributed by atoms with van der Waals surface area (Å²) >= 11 is 0. The first-order valence-corrected chi connectivity index (χ1v) is 13.5. The van der Waals surface area contributed by atoms with Gasteiger partial charge in [-0.2, -0.15) is 4.98 Å².